The van der Waals surface area contributed by atoms with E-state index in [9.17, 15) is 4.79 Å². The average Bonchev–Trinajstić information content (AvgIpc) is 2.30. The van der Waals surface area contributed by atoms with Crippen LogP contribution in [0.15, 0.2) is 18.3 Å². The number of ether oxygens (including phenoxy) is 1. The first kappa shape index (κ1) is 11.5. The van der Waals surface area contributed by atoms with Crippen molar-refractivity contribution in [3.8, 4) is 0 Å². The van der Waals surface area contributed by atoms with Gasteiger partial charge >= 0.3 is 6.09 Å². The number of carbonyl (C=O) groups excluding carboxylic acids is 1. The van der Waals surface area contributed by atoms with Crippen molar-refractivity contribution >= 4 is 17.6 Å². The van der Waals surface area contributed by atoms with E-state index in [0.717, 1.165) is 31.6 Å². The monoisotopic (exact) mass is 236 g/mol. The van der Waals surface area contributed by atoms with Crippen molar-refractivity contribution in [1.82, 2.24) is 4.98 Å². The summed E-state index contributed by atoms with van der Waals surface area (Å²) in [6.07, 6.45) is 2.56. The molecule has 1 aliphatic heterocycles. The highest BCUT2D eigenvalue weighted by atomic mass is 16.6. The van der Waals surface area contributed by atoms with Gasteiger partial charge in [0.15, 0.2) is 0 Å². The van der Waals surface area contributed by atoms with Gasteiger partial charge in [-0.25, -0.2) is 9.78 Å². The van der Waals surface area contributed by atoms with Crippen LogP contribution in [0.5, 0.6) is 0 Å². The van der Waals surface area contributed by atoms with E-state index in [-0.39, 0.29) is 6.10 Å². The molecular formula is C11H16N4O2. The minimum atomic E-state index is -0.697. The number of anilines is 2. The molecule has 1 saturated heterocycles. The number of primary amides is 1. The Hall–Kier alpha value is -1.98. The Bertz CT molecular complexity index is 385. The van der Waals surface area contributed by atoms with Gasteiger partial charge in [-0.3, -0.25) is 0 Å². The number of hydrogen-bond donors (Lipinski definition) is 2. The quantitative estimate of drug-likeness (QED) is 0.789. The highest BCUT2D eigenvalue weighted by molar-refractivity contribution is 5.64. The van der Waals surface area contributed by atoms with E-state index in [1.807, 2.05) is 6.07 Å². The van der Waals surface area contributed by atoms with E-state index >= 15 is 0 Å². The Kier molecular flexibility index (Phi) is 3.32. The van der Waals surface area contributed by atoms with Gasteiger partial charge in [0.05, 0.1) is 11.9 Å². The van der Waals surface area contributed by atoms with Gasteiger partial charge in [-0.1, -0.05) is 0 Å². The first-order valence-electron chi connectivity index (χ1n) is 5.58. The van der Waals surface area contributed by atoms with Crippen molar-refractivity contribution in [3.05, 3.63) is 18.3 Å². The molecule has 1 aliphatic rings. The number of aromatic nitrogens is 1. The second kappa shape index (κ2) is 4.90. The Morgan fingerprint density at radius 2 is 2.12 bits per heavy atom. The summed E-state index contributed by atoms with van der Waals surface area (Å²) >= 11 is 0. The summed E-state index contributed by atoms with van der Waals surface area (Å²) in [7, 11) is 0. The van der Waals surface area contributed by atoms with Crippen LogP contribution in [0.1, 0.15) is 12.8 Å². The van der Waals surface area contributed by atoms with Crippen molar-refractivity contribution in [2.24, 2.45) is 5.73 Å². The van der Waals surface area contributed by atoms with E-state index in [1.54, 1.807) is 12.3 Å². The molecule has 17 heavy (non-hydrogen) atoms. The maximum Gasteiger partial charge on any atom is 0.404 e. The molecule has 0 aliphatic carbocycles. The van der Waals surface area contributed by atoms with E-state index in [0.29, 0.717) is 5.82 Å². The van der Waals surface area contributed by atoms with Gasteiger partial charge < -0.3 is 21.1 Å². The molecule has 0 radical (unpaired) electrons. The lowest BCUT2D eigenvalue weighted by molar-refractivity contribution is 0.0912. The fraction of sp³-hybridized carbons (Fsp3) is 0.455. The predicted molar refractivity (Wildman–Crippen MR) is 64.6 cm³/mol. The zero-order chi connectivity index (χ0) is 12.3. The minimum Gasteiger partial charge on any atom is -0.446 e. The molecule has 2 heterocycles. The number of carbonyl (C=O) groups is 1. The Balaban J connectivity index is 1.90. The van der Waals surface area contributed by atoms with Crippen LogP contribution < -0.4 is 16.4 Å². The molecule has 1 aromatic heterocycles. The molecule has 1 aromatic rings. The lowest BCUT2D eigenvalue weighted by Gasteiger charge is -2.32. The van der Waals surface area contributed by atoms with Crippen LogP contribution in [0.4, 0.5) is 16.3 Å². The number of nitrogens with two attached hydrogens (primary N) is 2. The number of amides is 1. The SMILES string of the molecule is NC(=O)OC1CCN(c2ccc(N)nc2)CC1. The lowest BCUT2D eigenvalue weighted by atomic mass is 10.1. The first-order valence-corrected chi connectivity index (χ1v) is 5.58. The van der Waals surface area contributed by atoms with Crippen LogP contribution in [0.2, 0.25) is 0 Å². The number of hydrogen-bond acceptors (Lipinski definition) is 5. The molecule has 0 saturated carbocycles. The van der Waals surface area contributed by atoms with Gasteiger partial charge in [0.1, 0.15) is 11.9 Å². The molecule has 0 bridgehead atoms. The van der Waals surface area contributed by atoms with Crippen LogP contribution in [0.25, 0.3) is 0 Å². The Labute approximate surface area is 99.5 Å². The summed E-state index contributed by atoms with van der Waals surface area (Å²) in [4.78, 5) is 16.9. The zero-order valence-electron chi connectivity index (χ0n) is 9.50. The normalized spacial score (nSPS) is 16.8. The molecule has 1 fully saturated rings. The van der Waals surface area contributed by atoms with E-state index in [2.05, 4.69) is 9.88 Å². The maximum absolute atomic E-state index is 10.6. The number of piperidine rings is 1. The van der Waals surface area contributed by atoms with Crippen LogP contribution in [-0.2, 0) is 4.74 Å². The third kappa shape index (κ3) is 2.99. The fourth-order valence-electron chi connectivity index (χ4n) is 1.98. The molecule has 2 rings (SSSR count). The van der Waals surface area contributed by atoms with Crippen LogP contribution in [0.3, 0.4) is 0 Å². The number of nitrogens with zero attached hydrogens (tertiary/aromatic N) is 2. The summed E-state index contributed by atoms with van der Waals surface area (Å²) in [6, 6.07) is 3.72. The third-order valence-electron chi connectivity index (χ3n) is 2.86. The van der Waals surface area contributed by atoms with Crippen molar-refractivity contribution < 1.29 is 9.53 Å². The summed E-state index contributed by atoms with van der Waals surface area (Å²) in [5.41, 5.74) is 11.6. The number of rotatable bonds is 2. The Morgan fingerprint density at radius 1 is 1.41 bits per heavy atom. The highest BCUT2D eigenvalue weighted by Crippen LogP contribution is 2.21. The van der Waals surface area contributed by atoms with Gasteiger partial charge in [-0.05, 0) is 12.1 Å². The minimum absolute atomic E-state index is 0.0644. The van der Waals surface area contributed by atoms with Crippen molar-refractivity contribution in [2.45, 2.75) is 18.9 Å². The standard InChI is InChI=1S/C11H16N4O2/c12-10-2-1-8(7-14-10)15-5-3-9(4-6-15)17-11(13)16/h1-2,7,9H,3-6H2,(H2,12,14)(H2,13,16). The lowest BCUT2D eigenvalue weighted by Crippen LogP contribution is -2.38. The molecule has 0 atom stereocenters. The molecule has 0 unspecified atom stereocenters. The molecule has 6 nitrogen and oxygen atoms in total. The van der Waals surface area contributed by atoms with Crippen LogP contribution in [0, 0.1) is 0 Å². The van der Waals surface area contributed by atoms with Crippen LogP contribution >= 0.6 is 0 Å². The van der Waals surface area contributed by atoms with Gasteiger partial charge in [0, 0.05) is 25.9 Å². The largest absolute Gasteiger partial charge is 0.446 e. The first-order chi connectivity index (χ1) is 8.15. The van der Waals surface area contributed by atoms with E-state index in [1.165, 1.54) is 0 Å². The summed E-state index contributed by atoms with van der Waals surface area (Å²) < 4.78 is 4.97. The van der Waals surface area contributed by atoms with Crippen LogP contribution in [-0.4, -0.2) is 30.3 Å². The summed E-state index contributed by atoms with van der Waals surface area (Å²) in [5, 5.41) is 0. The highest BCUT2D eigenvalue weighted by Gasteiger charge is 2.21. The second-order valence-corrected chi connectivity index (χ2v) is 4.06. The number of nitrogen functional groups attached to an aromatic ring is 1. The molecule has 1 amide bonds. The van der Waals surface area contributed by atoms with Crippen molar-refractivity contribution in [3.63, 3.8) is 0 Å². The summed E-state index contributed by atoms with van der Waals surface area (Å²) in [6.45, 7) is 1.65. The predicted octanol–water partition coefficient (Wildman–Crippen LogP) is 0.728. The van der Waals surface area contributed by atoms with Gasteiger partial charge in [-0.15, -0.1) is 0 Å². The molecule has 6 heteroatoms. The smallest absolute Gasteiger partial charge is 0.404 e. The summed E-state index contributed by atoms with van der Waals surface area (Å²) in [5.74, 6) is 0.515. The zero-order valence-corrected chi connectivity index (χ0v) is 9.50. The molecular weight excluding hydrogens is 220 g/mol. The number of pyridine rings is 1. The van der Waals surface area contributed by atoms with Crippen molar-refractivity contribution in [1.29, 1.82) is 0 Å². The van der Waals surface area contributed by atoms with E-state index in [4.69, 9.17) is 16.2 Å². The third-order valence-corrected chi connectivity index (χ3v) is 2.86. The van der Waals surface area contributed by atoms with Gasteiger partial charge in [-0.2, -0.15) is 0 Å². The van der Waals surface area contributed by atoms with Gasteiger partial charge in [0.25, 0.3) is 0 Å². The van der Waals surface area contributed by atoms with E-state index < -0.39 is 6.09 Å². The molecule has 4 N–H and O–H groups in total. The topological polar surface area (TPSA) is 94.5 Å². The molecule has 0 aromatic carbocycles. The van der Waals surface area contributed by atoms with Crippen molar-refractivity contribution in [2.75, 3.05) is 23.7 Å². The fourth-order valence-corrected chi connectivity index (χ4v) is 1.98. The average molecular weight is 236 g/mol. The maximum atomic E-state index is 10.6. The molecule has 92 valence electrons. The Morgan fingerprint density at radius 3 is 2.65 bits per heavy atom. The van der Waals surface area contributed by atoms with Gasteiger partial charge in [0.2, 0.25) is 0 Å². The molecule has 0 spiro atoms. The second-order valence-electron chi connectivity index (χ2n) is 4.06.